The predicted octanol–water partition coefficient (Wildman–Crippen LogP) is 5.13. The van der Waals surface area contributed by atoms with Gasteiger partial charge in [-0.15, -0.1) is 0 Å². The number of nitrogens with one attached hydrogen (secondary N) is 2. The van der Waals surface area contributed by atoms with Gasteiger partial charge in [-0.05, 0) is 36.8 Å². The van der Waals surface area contributed by atoms with E-state index >= 15 is 0 Å². The summed E-state index contributed by atoms with van der Waals surface area (Å²) in [5, 5.41) is 5.44. The van der Waals surface area contributed by atoms with Crippen molar-refractivity contribution in [3.63, 3.8) is 0 Å². The monoisotopic (exact) mass is 373 g/mol. The smallest absolute Gasteiger partial charge is 0.296 e. The minimum Gasteiger partial charge on any atom is -0.423 e. The van der Waals surface area contributed by atoms with Gasteiger partial charge < -0.3 is 14.7 Å². The van der Waals surface area contributed by atoms with Crippen LogP contribution in [0.2, 0.25) is 0 Å². The van der Waals surface area contributed by atoms with Crippen LogP contribution in [-0.2, 0) is 0 Å². The largest absolute Gasteiger partial charge is 0.423 e. The maximum atomic E-state index is 13.9. The third kappa shape index (κ3) is 2.53. The van der Waals surface area contributed by atoms with Crippen LogP contribution in [0.5, 0.6) is 0 Å². The summed E-state index contributed by atoms with van der Waals surface area (Å²) in [6.07, 6.45) is 1.55. The number of H-pyrrole nitrogens is 1. The van der Waals surface area contributed by atoms with E-state index < -0.39 is 5.82 Å². The number of rotatable bonds is 3. The molecule has 2 heterocycles. The quantitative estimate of drug-likeness (QED) is 0.430. The first-order chi connectivity index (χ1) is 13.6. The molecular weight excluding hydrogens is 357 g/mol. The number of anilines is 1. The summed E-state index contributed by atoms with van der Waals surface area (Å²) in [4.78, 5) is 19.7. The van der Waals surface area contributed by atoms with E-state index in [1.807, 2.05) is 37.3 Å². The Hall–Kier alpha value is -3.67. The maximum Gasteiger partial charge on any atom is 0.296 e. The van der Waals surface area contributed by atoms with Gasteiger partial charge in [0.2, 0.25) is 0 Å². The number of aromatic nitrogens is 2. The molecule has 28 heavy (non-hydrogen) atoms. The van der Waals surface area contributed by atoms with E-state index in [1.54, 1.807) is 18.3 Å². The zero-order valence-electron chi connectivity index (χ0n) is 15.0. The first-order valence-electron chi connectivity index (χ1n) is 8.96. The van der Waals surface area contributed by atoms with Crippen LogP contribution in [0.4, 0.5) is 10.4 Å². The second kappa shape index (κ2) is 6.20. The first kappa shape index (κ1) is 16.5. The Bertz CT molecular complexity index is 1390. The lowest BCUT2D eigenvalue weighted by Crippen LogP contribution is -2.06. The molecular formula is C22H16FN3O2. The molecule has 0 amide bonds. The molecule has 2 aromatic heterocycles. The van der Waals surface area contributed by atoms with E-state index in [-0.39, 0.29) is 11.6 Å². The third-order valence-corrected chi connectivity index (χ3v) is 4.98. The summed E-state index contributed by atoms with van der Waals surface area (Å²) in [5.74, 6) is -0.407. The van der Waals surface area contributed by atoms with Crippen molar-refractivity contribution in [2.45, 2.75) is 13.0 Å². The van der Waals surface area contributed by atoms with Crippen LogP contribution >= 0.6 is 0 Å². The number of benzene rings is 3. The van der Waals surface area contributed by atoms with E-state index in [4.69, 9.17) is 4.42 Å². The van der Waals surface area contributed by atoms with E-state index in [0.29, 0.717) is 38.7 Å². The molecule has 0 aliphatic carbocycles. The summed E-state index contributed by atoms with van der Waals surface area (Å²) < 4.78 is 19.9. The fourth-order valence-corrected chi connectivity index (χ4v) is 3.62. The lowest BCUT2D eigenvalue weighted by atomic mass is 10.0. The molecule has 0 bridgehead atoms. The molecule has 2 N–H and O–H groups in total. The molecule has 1 atom stereocenters. The highest BCUT2D eigenvalue weighted by Crippen LogP contribution is 2.35. The number of hydrogen-bond donors (Lipinski definition) is 2. The highest BCUT2D eigenvalue weighted by Gasteiger charge is 2.18. The van der Waals surface area contributed by atoms with E-state index in [2.05, 4.69) is 15.3 Å². The van der Waals surface area contributed by atoms with Crippen molar-refractivity contribution in [1.29, 1.82) is 0 Å². The number of oxazole rings is 1. The molecule has 138 valence electrons. The van der Waals surface area contributed by atoms with Crippen LogP contribution in [0, 0.1) is 5.82 Å². The minimum atomic E-state index is -0.407. The summed E-state index contributed by atoms with van der Waals surface area (Å²) in [7, 11) is 0. The zero-order chi connectivity index (χ0) is 19.3. The van der Waals surface area contributed by atoms with E-state index in [0.717, 1.165) is 5.56 Å². The molecule has 0 aliphatic heterocycles. The van der Waals surface area contributed by atoms with Gasteiger partial charge in [-0.25, -0.2) is 4.39 Å². The van der Waals surface area contributed by atoms with Crippen LogP contribution in [0.1, 0.15) is 18.5 Å². The standard InChI is InChI=1S/C22H16FN3O2/c1-12(13-5-3-2-4-6-13)25-22-26-19-15-8-7-14(23)11-17(15)18-16(20(19)28-22)9-10-24-21(18)27/h2-12H,1H3,(H,24,27)(H,25,26)/t12-/m0/s1. The summed E-state index contributed by atoms with van der Waals surface area (Å²) >= 11 is 0. The van der Waals surface area contributed by atoms with Gasteiger partial charge in [0.05, 0.1) is 11.4 Å². The molecule has 5 rings (SSSR count). The summed E-state index contributed by atoms with van der Waals surface area (Å²) in [5.41, 5.74) is 1.90. The van der Waals surface area contributed by atoms with Crippen molar-refractivity contribution in [2.24, 2.45) is 0 Å². The van der Waals surface area contributed by atoms with Gasteiger partial charge in [0.25, 0.3) is 11.6 Å². The molecule has 0 saturated carbocycles. The normalized spacial score (nSPS) is 12.6. The zero-order valence-corrected chi connectivity index (χ0v) is 15.0. The predicted molar refractivity (Wildman–Crippen MR) is 108 cm³/mol. The molecule has 0 unspecified atom stereocenters. The van der Waals surface area contributed by atoms with Gasteiger partial charge in [-0.3, -0.25) is 4.79 Å². The number of fused-ring (bicyclic) bond motifs is 6. The van der Waals surface area contributed by atoms with Crippen molar-refractivity contribution in [2.75, 3.05) is 5.32 Å². The molecule has 0 radical (unpaired) electrons. The van der Waals surface area contributed by atoms with Crippen LogP contribution in [0.25, 0.3) is 32.6 Å². The average molecular weight is 373 g/mol. The number of nitrogens with zero attached hydrogens (tertiary/aromatic N) is 1. The van der Waals surface area contributed by atoms with Crippen molar-refractivity contribution in [3.05, 3.63) is 82.5 Å². The van der Waals surface area contributed by atoms with E-state index in [9.17, 15) is 9.18 Å². The minimum absolute atomic E-state index is 0.0207. The lowest BCUT2D eigenvalue weighted by molar-refractivity contribution is 0.606. The van der Waals surface area contributed by atoms with Gasteiger partial charge in [0.15, 0.2) is 5.58 Å². The number of hydrogen-bond acceptors (Lipinski definition) is 4. The second-order valence-electron chi connectivity index (χ2n) is 6.76. The SMILES string of the molecule is C[C@H](Nc1nc2c3ccc(F)cc3c3c(=O)[nH]ccc3c2o1)c1ccccc1. The van der Waals surface area contributed by atoms with Crippen LogP contribution < -0.4 is 10.9 Å². The molecule has 3 aromatic carbocycles. The summed E-state index contributed by atoms with van der Waals surface area (Å²) in [6, 6.07) is 16.4. The number of pyridine rings is 1. The van der Waals surface area contributed by atoms with Crippen molar-refractivity contribution in [3.8, 4) is 0 Å². The lowest BCUT2D eigenvalue weighted by Gasteiger charge is -2.11. The Morgan fingerprint density at radius 2 is 1.89 bits per heavy atom. The van der Waals surface area contributed by atoms with Crippen LogP contribution in [0.15, 0.2) is 70.0 Å². The first-order valence-corrected chi connectivity index (χ1v) is 8.96. The molecule has 0 saturated heterocycles. The maximum absolute atomic E-state index is 13.9. The molecule has 0 aliphatic rings. The Labute approximate surface area is 158 Å². The Morgan fingerprint density at radius 1 is 1.07 bits per heavy atom. The van der Waals surface area contributed by atoms with Gasteiger partial charge >= 0.3 is 0 Å². The molecule has 6 heteroatoms. The Morgan fingerprint density at radius 3 is 2.71 bits per heavy atom. The van der Waals surface area contributed by atoms with Crippen molar-refractivity contribution in [1.82, 2.24) is 9.97 Å². The fraction of sp³-hybridized carbons (Fsp3) is 0.0909. The highest BCUT2D eigenvalue weighted by molar-refractivity contribution is 6.22. The second-order valence-corrected chi connectivity index (χ2v) is 6.76. The topological polar surface area (TPSA) is 70.9 Å². The van der Waals surface area contributed by atoms with Gasteiger partial charge in [0, 0.05) is 22.4 Å². The van der Waals surface area contributed by atoms with Gasteiger partial charge in [-0.2, -0.15) is 4.98 Å². The Balaban J connectivity index is 1.75. The summed E-state index contributed by atoms with van der Waals surface area (Å²) in [6.45, 7) is 2.01. The van der Waals surface area contributed by atoms with Crippen LogP contribution in [-0.4, -0.2) is 9.97 Å². The molecule has 5 aromatic rings. The van der Waals surface area contributed by atoms with Gasteiger partial charge in [0.1, 0.15) is 11.3 Å². The Kier molecular flexibility index (Phi) is 3.65. The molecule has 0 fully saturated rings. The van der Waals surface area contributed by atoms with E-state index in [1.165, 1.54) is 12.1 Å². The van der Waals surface area contributed by atoms with Crippen LogP contribution in [0.3, 0.4) is 0 Å². The fourth-order valence-electron chi connectivity index (χ4n) is 3.62. The average Bonchev–Trinajstić information content (AvgIpc) is 3.12. The van der Waals surface area contributed by atoms with Gasteiger partial charge in [-0.1, -0.05) is 30.3 Å². The van der Waals surface area contributed by atoms with Crippen molar-refractivity contribution >= 4 is 38.7 Å². The third-order valence-electron chi connectivity index (χ3n) is 4.98. The highest BCUT2D eigenvalue weighted by atomic mass is 19.1. The number of halogens is 1. The molecule has 5 nitrogen and oxygen atoms in total. The number of aromatic amines is 1. The molecule has 0 spiro atoms. The van der Waals surface area contributed by atoms with Crippen molar-refractivity contribution < 1.29 is 8.81 Å².